The maximum atomic E-state index is 11.2. The van der Waals surface area contributed by atoms with Gasteiger partial charge in [-0.3, -0.25) is 9.69 Å². The zero-order valence-electron chi connectivity index (χ0n) is 9.49. The largest absolute Gasteiger partial charge is 0.480 e. The molecular weight excluding hydrogens is 190 g/mol. The van der Waals surface area contributed by atoms with Gasteiger partial charge in [0, 0.05) is 13.1 Å². The molecule has 2 aliphatic rings. The van der Waals surface area contributed by atoms with Crippen LogP contribution >= 0.6 is 0 Å². The molecule has 2 rings (SSSR count). The van der Waals surface area contributed by atoms with Crippen molar-refractivity contribution >= 4 is 5.97 Å². The summed E-state index contributed by atoms with van der Waals surface area (Å²) in [6.45, 7) is 6.03. The Balaban J connectivity index is 2.07. The van der Waals surface area contributed by atoms with Crippen LogP contribution in [0.2, 0.25) is 0 Å². The Kier molecular flexibility index (Phi) is 2.83. The average molecular weight is 209 g/mol. The molecule has 0 saturated heterocycles. The number of rotatable bonds is 3. The van der Waals surface area contributed by atoms with Crippen LogP contribution in [-0.4, -0.2) is 35.1 Å². The quantitative estimate of drug-likeness (QED) is 0.722. The topological polar surface area (TPSA) is 40.5 Å². The summed E-state index contributed by atoms with van der Waals surface area (Å²) in [6.07, 6.45) is 3.22. The first-order valence-corrected chi connectivity index (χ1v) is 5.71. The van der Waals surface area contributed by atoms with Crippen molar-refractivity contribution in [2.45, 2.75) is 39.2 Å². The smallest absolute Gasteiger partial charge is 0.321 e. The predicted molar refractivity (Wildman–Crippen MR) is 58.7 cm³/mol. The highest BCUT2D eigenvalue weighted by Gasteiger charge is 2.40. The van der Waals surface area contributed by atoms with Crippen molar-refractivity contribution in [2.75, 3.05) is 13.1 Å². The highest BCUT2D eigenvalue weighted by atomic mass is 16.4. The van der Waals surface area contributed by atoms with Crippen molar-refractivity contribution in [2.24, 2.45) is 5.92 Å². The molecule has 3 nitrogen and oxygen atoms in total. The van der Waals surface area contributed by atoms with Crippen LogP contribution < -0.4 is 0 Å². The number of hydrogen-bond acceptors (Lipinski definition) is 2. The maximum absolute atomic E-state index is 11.2. The Morgan fingerprint density at radius 2 is 2.07 bits per heavy atom. The SMILES string of the molecule is CC1=C(C)CN(C(C(=O)O)C2CC2)CC1. The monoisotopic (exact) mass is 209 g/mol. The first-order valence-electron chi connectivity index (χ1n) is 5.71. The number of aliphatic carboxylic acids is 1. The summed E-state index contributed by atoms with van der Waals surface area (Å²) in [6, 6.07) is -0.229. The van der Waals surface area contributed by atoms with Gasteiger partial charge < -0.3 is 5.11 Å². The Morgan fingerprint density at radius 3 is 2.53 bits per heavy atom. The van der Waals surface area contributed by atoms with Gasteiger partial charge in [-0.15, -0.1) is 0 Å². The van der Waals surface area contributed by atoms with Crippen LogP contribution in [0.5, 0.6) is 0 Å². The molecule has 15 heavy (non-hydrogen) atoms. The van der Waals surface area contributed by atoms with Gasteiger partial charge in [0.25, 0.3) is 0 Å². The molecule has 0 spiro atoms. The minimum Gasteiger partial charge on any atom is -0.480 e. The van der Waals surface area contributed by atoms with Crippen LogP contribution in [0, 0.1) is 5.92 Å². The van der Waals surface area contributed by atoms with E-state index in [-0.39, 0.29) is 6.04 Å². The summed E-state index contributed by atoms with van der Waals surface area (Å²) in [4.78, 5) is 13.4. The summed E-state index contributed by atoms with van der Waals surface area (Å²) in [7, 11) is 0. The molecule has 0 aromatic carbocycles. The predicted octanol–water partition coefficient (Wildman–Crippen LogP) is 1.89. The molecule has 0 amide bonds. The van der Waals surface area contributed by atoms with Gasteiger partial charge in [-0.05, 0) is 39.0 Å². The summed E-state index contributed by atoms with van der Waals surface area (Å²) in [5, 5.41) is 9.23. The Labute approximate surface area is 90.8 Å². The van der Waals surface area contributed by atoms with Crippen molar-refractivity contribution in [3.05, 3.63) is 11.1 Å². The summed E-state index contributed by atoms with van der Waals surface area (Å²) < 4.78 is 0. The van der Waals surface area contributed by atoms with E-state index in [0.29, 0.717) is 5.92 Å². The lowest BCUT2D eigenvalue weighted by Crippen LogP contribution is -2.45. The van der Waals surface area contributed by atoms with E-state index in [1.165, 1.54) is 11.1 Å². The van der Waals surface area contributed by atoms with E-state index in [4.69, 9.17) is 0 Å². The maximum Gasteiger partial charge on any atom is 0.321 e. The van der Waals surface area contributed by atoms with E-state index in [2.05, 4.69) is 18.7 Å². The Hall–Kier alpha value is -0.830. The van der Waals surface area contributed by atoms with E-state index in [1.54, 1.807) is 0 Å². The first kappa shape index (κ1) is 10.7. The standard InChI is InChI=1S/C12H19NO2/c1-8-5-6-13(7-9(8)2)11(12(14)15)10-3-4-10/h10-11H,3-7H2,1-2H3,(H,14,15). The Morgan fingerprint density at radius 1 is 1.40 bits per heavy atom. The van der Waals surface area contributed by atoms with E-state index in [1.807, 2.05) is 0 Å². The zero-order valence-corrected chi connectivity index (χ0v) is 9.49. The van der Waals surface area contributed by atoms with Gasteiger partial charge in [-0.1, -0.05) is 11.1 Å². The molecule has 1 aliphatic heterocycles. The highest BCUT2D eigenvalue weighted by molar-refractivity contribution is 5.74. The highest BCUT2D eigenvalue weighted by Crippen LogP contribution is 2.36. The second kappa shape index (κ2) is 3.97. The second-order valence-corrected chi connectivity index (χ2v) is 4.90. The summed E-state index contributed by atoms with van der Waals surface area (Å²) in [5.41, 5.74) is 2.79. The fourth-order valence-electron chi connectivity index (χ4n) is 2.35. The number of nitrogens with zero attached hydrogens (tertiary/aromatic N) is 1. The van der Waals surface area contributed by atoms with Gasteiger partial charge in [0.15, 0.2) is 0 Å². The molecule has 1 fully saturated rings. The molecule has 3 heteroatoms. The van der Waals surface area contributed by atoms with Crippen LogP contribution in [0.4, 0.5) is 0 Å². The third-order valence-electron chi connectivity index (χ3n) is 3.66. The van der Waals surface area contributed by atoms with Crippen LogP contribution in [-0.2, 0) is 4.79 Å². The second-order valence-electron chi connectivity index (χ2n) is 4.90. The first-order chi connectivity index (χ1) is 7.09. The van der Waals surface area contributed by atoms with Crippen LogP contribution in [0.15, 0.2) is 11.1 Å². The molecular formula is C12H19NO2. The van der Waals surface area contributed by atoms with Crippen LogP contribution in [0.1, 0.15) is 33.1 Å². The van der Waals surface area contributed by atoms with E-state index in [0.717, 1.165) is 32.4 Å². The minimum absolute atomic E-state index is 0.229. The third-order valence-corrected chi connectivity index (χ3v) is 3.66. The van der Waals surface area contributed by atoms with Gasteiger partial charge in [-0.2, -0.15) is 0 Å². The molecule has 1 N–H and O–H groups in total. The normalized spacial score (nSPS) is 25.5. The lowest BCUT2D eigenvalue weighted by molar-refractivity contribution is -0.144. The molecule has 1 aliphatic carbocycles. The summed E-state index contributed by atoms with van der Waals surface area (Å²) >= 11 is 0. The number of carbonyl (C=O) groups is 1. The number of carboxylic acids is 1. The molecule has 84 valence electrons. The molecule has 0 aromatic rings. The van der Waals surface area contributed by atoms with Gasteiger partial charge in [-0.25, -0.2) is 0 Å². The molecule has 1 atom stereocenters. The number of hydrogen-bond donors (Lipinski definition) is 1. The van der Waals surface area contributed by atoms with Gasteiger partial charge in [0.05, 0.1) is 0 Å². The number of carboxylic acid groups (broad SMARTS) is 1. The van der Waals surface area contributed by atoms with Crippen molar-refractivity contribution in [1.29, 1.82) is 0 Å². The van der Waals surface area contributed by atoms with Gasteiger partial charge >= 0.3 is 5.97 Å². The minimum atomic E-state index is -0.634. The van der Waals surface area contributed by atoms with Crippen molar-refractivity contribution in [3.63, 3.8) is 0 Å². The molecule has 0 radical (unpaired) electrons. The molecule has 1 heterocycles. The van der Waals surface area contributed by atoms with E-state index < -0.39 is 5.97 Å². The van der Waals surface area contributed by atoms with Crippen molar-refractivity contribution in [1.82, 2.24) is 4.90 Å². The molecule has 0 aromatic heterocycles. The van der Waals surface area contributed by atoms with Crippen molar-refractivity contribution < 1.29 is 9.90 Å². The van der Waals surface area contributed by atoms with Crippen molar-refractivity contribution in [3.8, 4) is 0 Å². The lowest BCUT2D eigenvalue weighted by atomic mass is 10.00. The van der Waals surface area contributed by atoms with Crippen LogP contribution in [0.3, 0.4) is 0 Å². The third kappa shape index (κ3) is 2.23. The van der Waals surface area contributed by atoms with E-state index >= 15 is 0 Å². The van der Waals surface area contributed by atoms with Crippen LogP contribution in [0.25, 0.3) is 0 Å². The average Bonchev–Trinajstić information content (AvgIpc) is 2.95. The van der Waals surface area contributed by atoms with Gasteiger partial charge in [0.1, 0.15) is 6.04 Å². The molecule has 1 saturated carbocycles. The Bertz CT molecular complexity index is 305. The fraction of sp³-hybridized carbons (Fsp3) is 0.750. The molecule has 0 bridgehead atoms. The zero-order chi connectivity index (χ0) is 11.0. The summed E-state index contributed by atoms with van der Waals surface area (Å²) in [5.74, 6) is -0.224. The fourth-order valence-corrected chi connectivity index (χ4v) is 2.35. The lowest BCUT2D eigenvalue weighted by Gasteiger charge is -2.33. The van der Waals surface area contributed by atoms with Gasteiger partial charge in [0.2, 0.25) is 0 Å². The van der Waals surface area contributed by atoms with E-state index in [9.17, 15) is 9.90 Å². The molecule has 1 unspecified atom stereocenters.